The first-order valence-electron chi connectivity index (χ1n) is 7.49. The Morgan fingerprint density at radius 2 is 1.77 bits per heavy atom. The third-order valence-corrected chi connectivity index (χ3v) is 5.15. The number of aromatic nitrogens is 4. The van der Waals surface area contributed by atoms with Gasteiger partial charge in [-0.25, -0.2) is 13.1 Å². The third kappa shape index (κ3) is 3.43. The summed E-state index contributed by atoms with van der Waals surface area (Å²) in [6, 6.07) is 13.2. The minimum Gasteiger partial charge on any atom is -0.258 e. The molecule has 0 aliphatic rings. The molecule has 0 radical (unpaired) electrons. The van der Waals surface area contributed by atoms with Gasteiger partial charge in [-0.2, -0.15) is 4.68 Å². The highest BCUT2D eigenvalue weighted by atomic mass is 32.2. The van der Waals surface area contributed by atoms with Gasteiger partial charge >= 0.3 is 0 Å². The van der Waals surface area contributed by atoms with E-state index in [1.807, 2.05) is 6.07 Å². The van der Waals surface area contributed by atoms with E-state index in [2.05, 4.69) is 20.2 Å². The fourth-order valence-corrected chi connectivity index (χ4v) is 3.77. The lowest BCUT2D eigenvalue weighted by molar-refractivity contribution is -0.387. The molecule has 3 rings (SSSR count). The predicted octanol–water partition coefficient (Wildman–Crippen LogP) is 1.61. The van der Waals surface area contributed by atoms with Crippen LogP contribution < -0.4 is 4.72 Å². The van der Waals surface area contributed by atoms with Gasteiger partial charge in [0.1, 0.15) is 0 Å². The summed E-state index contributed by atoms with van der Waals surface area (Å²) in [4.78, 5) is 9.94. The molecule has 1 heterocycles. The molecule has 0 aliphatic carbocycles. The van der Waals surface area contributed by atoms with E-state index >= 15 is 0 Å². The van der Waals surface area contributed by atoms with Crippen molar-refractivity contribution < 1.29 is 13.3 Å². The maximum atomic E-state index is 12.6. The van der Waals surface area contributed by atoms with Gasteiger partial charge in [0, 0.05) is 6.07 Å². The Bertz CT molecular complexity index is 1040. The smallest absolute Gasteiger partial charge is 0.258 e. The van der Waals surface area contributed by atoms with E-state index in [1.165, 1.54) is 22.9 Å². The van der Waals surface area contributed by atoms with Crippen LogP contribution in [-0.2, 0) is 10.0 Å². The van der Waals surface area contributed by atoms with Crippen molar-refractivity contribution in [2.75, 3.05) is 0 Å². The summed E-state index contributed by atoms with van der Waals surface area (Å²) in [5.41, 5.74) is 0.152. The highest BCUT2D eigenvalue weighted by molar-refractivity contribution is 7.89. The van der Waals surface area contributed by atoms with Crippen molar-refractivity contribution in [1.29, 1.82) is 0 Å². The third-order valence-electron chi connectivity index (χ3n) is 3.57. The Hall–Kier alpha value is -3.18. The first kappa shape index (κ1) is 17.6. The van der Waals surface area contributed by atoms with Gasteiger partial charge < -0.3 is 0 Å². The number of nitrogens with one attached hydrogen (secondary N) is 1. The molecule has 0 spiro atoms. The average molecular weight is 374 g/mol. The summed E-state index contributed by atoms with van der Waals surface area (Å²) in [5, 5.41) is 22.4. The Balaban J connectivity index is 1.93. The number of para-hydroxylation sites is 2. The topological polar surface area (TPSA) is 133 Å². The summed E-state index contributed by atoms with van der Waals surface area (Å²) in [6.45, 7) is 1.55. The first-order valence-corrected chi connectivity index (χ1v) is 8.98. The van der Waals surface area contributed by atoms with Gasteiger partial charge in [-0.15, -0.1) is 5.10 Å². The van der Waals surface area contributed by atoms with Crippen LogP contribution in [0, 0.1) is 10.1 Å². The Labute approximate surface area is 148 Å². The lowest BCUT2D eigenvalue weighted by Gasteiger charge is -2.14. The molecule has 0 saturated heterocycles. The van der Waals surface area contributed by atoms with Crippen LogP contribution in [-0.4, -0.2) is 33.5 Å². The largest absolute Gasteiger partial charge is 0.289 e. The molecule has 1 unspecified atom stereocenters. The second-order valence-corrected chi connectivity index (χ2v) is 7.03. The normalized spacial score (nSPS) is 12.7. The van der Waals surface area contributed by atoms with E-state index in [4.69, 9.17) is 0 Å². The molecule has 134 valence electrons. The number of rotatable bonds is 6. The van der Waals surface area contributed by atoms with E-state index in [0.29, 0.717) is 5.69 Å². The Kier molecular flexibility index (Phi) is 4.73. The monoisotopic (exact) mass is 374 g/mol. The molecule has 10 nitrogen and oxygen atoms in total. The molecule has 0 amide bonds. The van der Waals surface area contributed by atoms with Gasteiger partial charge in [-0.05, 0) is 35.5 Å². The van der Waals surface area contributed by atoms with Gasteiger partial charge in [-0.3, -0.25) is 10.1 Å². The fraction of sp³-hybridized carbons (Fsp3) is 0.133. The van der Waals surface area contributed by atoms with Gasteiger partial charge in [0.05, 0.1) is 16.7 Å². The quantitative estimate of drug-likeness (QED) is 0.512. The van der Waals surface area contributed by atoms with Gasteiger partial charge in [0.25, 0.3) is 5.69 Å². The number of benzene rings is 2. The summed E-state index contributed by atoms with van der Waals surface area (Å²) in [6.07, 6.45) is 0. The molecule has 26 heavy (non-hydrogen) atoms. The van der Waals surface area contributed by atoms with Crippen LogP contribution in [0.1, 0.15) is 18.8 Å². The fourth-order valence-electron chi connectivity index (χ4n) is 2.40. The van der Waals surface area contributed by atoms with Crippen LogP contribution in [0.5, 0.6) is 0 Å². The molecule has 1 atom stereocenters. The lowest BCUT2D eigenvalue weighted by Crippen LogP contribution is -2.29. The summed E-state index contributed by atoms with van der Waals surface area (Å²) < 4.78 is 29.0. The minimum atomic E-state index is -4.16. The minimum absolute atomic E-state index is 0.248. The maximum Gasteiger partial charge on any atom is 0.289 e. The average Bonchev–Trinajstić information content (AvgIpc) is 3.12. The van der Waals surface area contributed by atoms with Gasteiger partial charge in [-0.1, -0.05) is 30.3 Å². The van der Waals surface area contributed by atoms with Gasteiger partial charge in [0.15, 0.2) is 10.7 Å². The van der Waals surface area contributed by atoms with E-state index < -0.39 is 31.6 Å². The standard InChI is InChI=1S/C15H14N6O4S/c1-11(15-16-18-19-20(15)12-7-3-2-4-8-12)17-26(24,25)14-10-6-5-9-13(14)21(22)23/h2-11,17H,1H3. The second-order valence-electron chi connectivity index (χ2n) is 5.35. The zero-order valence-corrected chi connectivity index (χ0v) is 14.4. The Morgan fingerprint density at radius 1 is 1.12 bits per heavy atom. The van der Waals surface area contributed by atoms with Crippen molar-refractivity contribution in [2.45, 2.75) is 17.9 Å². The van der Waals surface area contributed by atoms with Crippen molar-refractivity contribution >= 4 is 15.7 Å². The molecular weight excluding hydrogens is 360 g/mol. The van der Waals surface area contributed by atoms with Crippen LogP contribution >= 0.6 is 0 Å². The van der Waals surface area contributed by atoms with Crippen LogP contribution in [0.4, 0.5) is 5.69 Å². The summed E-state index contributed by atoms with van der Waals surface area (Å²) in [7, 11) is -4.16. The maximum absolute atomic E-state index is 12.6. The highest BCUT2D eigenvalue weighted by Gasteiger charge is 2.28. The highest BCUT2D eigenvalue weighted by Crippen LogP contribution is 2.24. The van der Waals surface area contributed by atoms with Crippen molar-refractivity contribution in [2.24, 2.45) is 0 Å². The van der Waals surface area contributed by atoms with Crippen LogP contribution in [0.15, 0.2) is 59.5 Å². The van der Waals surface area contributed by atoms with Crippen LogP contribution in [0.3, 0.4) is 0 Å². The molecule has 1 aromatic heterocycles. The molecule has 11 heteroatoms. The molecular formula is C15H14N6O4S. The number of nitrogens with zero attached hydrogens (tertiary/aromatic N) is 5. The zero-order chi connectivity index (χ0) is 18.7. The lowest BCUT2D eigenvalue weighted by atomic mass is 10.3. The van der Waals surface area contributed by atoms with Crippen molar-refractivity contribution in [1.82, 2.24) is 24.9 Å². The van der Waals surface area contributed by atoms with Crippen LogP contribution in [0.2, 0.25) is 0 Å². The molecule has 0 fully saturated rings. The summed E-state index contributed by atoms with van der Waals surface area (Å²) >= 11 is 0. The van der Waals surface area contributed by atoms with Gasteiger partial charge in [0.2, 0.25) is 10.0 Å². The zero-order valence-electron chi connectivity index (χ0n) is 13.6. The van der Waals surface area contributed by atoms with E-state index in [0.717, 1.165) is 6.07 Å². The number of nitro groups is 1. The van der Waals surface area contributed by atoms with Crippen LogP contribution in [0.25, 0.3) is 5.69 Å². The van der Waals surface area contributed by atoms with Crippen molar-refractivity contribution in [3.05, 3.63) is 70.5 Å². The Morgan fingerprint density at radius 3 is 2.46 bits per heavy atom. The number of tetrazole rings is 1. The van der Waals surface area contributed by atoms with Crippen molar-refractivity contribution in [3.8, 4) is 5.69 Å². The SMILES string of the molecule is CC(NS(=O)(=O)c1ccccc1[N+](=O)[O-])c1nnnn1-c1ccccc1. The molecule has 2 aromatic carbocycles. The molecule has 1 N–H and O–H groups in total. The molecule has 0 aliphatic heterocycles. The number of hydrogen-bond acceptors (Lipinski definition) is 7. The van der Waals surface area contributed by atoms with E-state index in [-0.39, 0.29) is 5.82 Å². The van der Waals surface area contributed by atoms with E-state index in [9.17, 15) is 18.5 Å². The molecule has 0 saturated carbocycles. The van der Waals surface area contributed by atoms with Crippen molar-refractivity contribution in [3.63, 3.8) is 0 Å². The number of sulfonamides is 1. The first-order chi connectivity index (χ1) is 12.4. The van der Waals surface area contributed by atoms with E-state index in [1.54, 1.807) is 31.2 Å². The molecule has 0 bridgehead atoms. The molecule has 3 aromatic rings. The predicted molar refractivity (Wildman–Crippen MR) is 91.0 cm³/mol. The number of nitro benzene ring substituents is 1. The number of hydrogen-bond donors (Lipinski definition) is 1. The second kappa shape index (κ2) is 6.98. The summed E-state index contributed by atoms with van der Waals surface area (Å²) in [5.74, 6) is 0.248.